The molecule has 0 aliphatic carbocycles. The summed E-state index contributed by atoms with van der Waals surface area (Å²) in [7, 11) is 1.91. The zero-order chi connectivity index (χ0) is 14.5. The van der Waals surface area contributed by atoms with E-state index in [1.165, 1.54) is 0 Å². The largest absolute Gasteiger partial charge is 0.374 e. The number of aromatic amines is 1. The lowest BCUT2D eigenvalue weighted by molar-refractivity contribution is 0.0996. The van der Waals surface area contributed by atoms with Gasteiger partial charge in [0.1, 0.15) is 5.69 Å². The molecule has 1 amide bonds. The van der Waals surface area contributed by atoms with Crippen LogP contribution in [0.5, 0.6) is 0 Å². The minimum absolute atomic E-state index is 0.121. The van der Waals surface area contributed by atoms with Gasteiger partial charge < -0.3 is 10.6 Å². The second kappa shape index (κ2) is 5.84. The molecule has 0 aliphatic heterocycles. The minimum atomic E-state index is -0.621. The summed E-state index contributed by atoms with van der Waals surface area (Å²) in [4.78, 5) is 13.2. The van der Waals surface area contributed by atoms with Gasteiger partial charge in [-0.05, 0) is 12.1 Å². The number of carbonyl (C=O) groups excluding carboxylic acids is 1. The first-order valence-corrected chi connectivity index (χ1v) is 6.02. The van der Waals surface area contributed by atoms with Gasteiger partial charge in [0.2, 0.25) is 0 Å². The van der Waals surface area contributed by atoms with Crippen LogP contribution in [-0.4, -0.2) is 34.9 Å². The highest BCUT2D eigenvalue weighted by molar-refractivity contribution is 5.96. The number of carbonyl (C=O) groups is 1. The Kier molecular flexibility index (Phi) is 3.96. The van der Waals surface area contributed by atoms with Crippen LogP contribution in [0, 0.1) is 11.3 Å². The third-order valence-corrected chi connectivity index (χ3v) is 2.92. The van der Waals surface area contributed by atoms with E-state index in [-0.39, 0.29) is 5.69 Å². The first-order chi connectivity index (χ1) is 9.63. The van der Waals surface area contributed by atoms with Gasteiger partial charge in [0.25, 0.3) is 5.91 Å². The Hall–Kier alpha value is -2.88. The van der Waals surface area contributed by atoms with Gasteiger partial charge in [-0.25, -0.2) is 0 Å². The number of H-pyrrole nitrogens is 1. The molecule has 0 radical (unpaired) electrons. The van der Waals surface area contributed by atoms with E-state index in [4.69, 9.17) is 11.0 Å². The van der Waals surface area contributed by atoms with Crippen molar-refractivity contribution in [3.05, 3.63) is 30.0 Å². The summed E-state index contributed by atoms with van der Waals surface area (Å²) >= 11 is 0. The van der Waals surface area contributed by atoms with Crippen molar-refractivity contribution in [2.45, 2.75) is 6.42 Å². The monoisotopic (exact) mass is 270 g/mol. The zero-order valence-corrected chi connectivity index (χ0v) is 11.0. The number of benzene rings is 1. The number of nitrogens with zero attached hydrogens (tertiary/aromatic N) is 4. The maximum Gasteiger partial charge on any atom is 0.271 e. The van der Waals surface area contributed by atoms with Crippen LogP contribution in [0.2, 0.25) is 0 Å². The van der Waals surface area contributed by atoms with Gasteiger partial charge in [-0.3, -0.25) is 4.79 Å². The Balaban J connectivity index is 2.22. The fraction of sp³-hybridized carbons (Fsp3) is 0.231. The fourth-order valence-corrected chi connectivity index (χ4v) is 1.82. The summed E-state index contributed by atoms with van der Waals surface area (Å²) in [6, 6.07) is 9.57. The Bertz CT molecular complexity index is 640. The molecule has 7 nitrogen and oxygen atoms in total. The molecule has 0 saturated carbocycles. The molecule has 102 valence electrons. The van der Waals surface area contributed by atoms with Gasteiger partial charge in [0, 0.05) is 24.8 Å². The quantitative estimate of drug-likeness (QED) is 0.839. The van der Waals surface area contributed by atoms with Crippen LogP contribution in [0.1, 0.15) is 16.9 Å². The molecule has 0 atom stereocenters. The number of primary amides is 1. The fourth-order valence-electron chi connectivity index (χ4n) is 1.82. The van der Waals surface area contributed by atoms with E-state index < -0.39 is 5.91 Å². The Morgan fingerprint density at radius 2 is 2.10 bits per heavy atom. The highest BCUT2D eigenvalue weighted by atomic mass is 16.1. The number of anilines is 1. The number of hydrogen-bond acceptors (Lipinski definition) is 5. The zero-order valence-electron chi connectivity index (χ0n) is 11.0. The molecule has 0 unspecified atom stereocenters. The molecule has 0 fully saturated rings. The SMILES string of the molecule is CN(CCC#N)c1ccc(-c2n[nH]nc2C(N)=O)cc1. The van der Waals surface area contributed by atoms with Gasteiger partial charge >= 0.3 is 0 Å². The minimum Gasteiger partial charge on any atom is -0.374 e. The summed E-state index contributed by atoms with van der Waals surface area (Å²) < 4.78 is 0. The topological polar surface area (TPSA) is 112 Å². The average Bonchev–Trinajstić information content (AvgIpc) is 2.94. The van der Waals surface area contributed by atoms with Gasteiger partial charge in [-0.1, -0.05) is 12.1 Å². The van der Waals surface area contributed by atoms with Gasteiger partial charge in [-0.2, -0.15) is 20.7 Å². The van der Waals surface area contributed by atoms with E-state index in [1.54, 1.807) is 0 Å². The normalized spacial score (nSPS) is 10.0. The Morgan fingerprint density at radius 1 is 1.40 bits per heavy atom. The van der Waals surface area contributed by atoms with Crippen molar-refractivity contribution in [1.82, 2.24) is 15.4 Å². The number of hydrogen-bond donors (Lipinski definition) is 2. The van der Waals surface area contributed by atoms with Crippen molar-refractivity contribution in [2.24, 2.45) is 5.73 Å². The lowest BCUT2D eigenvalue weighted by Gasteiger charge is -2.17. The first-order valence-electron chi connectivity index (χ1n) is 6.02. The maximum absolute atomic E-state index is 11.2. The van der Waals surface area contributed by atoms with Gasteiger partial charge in [0.05, 0.1) is 12.5 Å². The summed E-state index contributed by atoms with van der Waals surface area (Å²) in [5, 5.41) is 18.6. The van der Waals surface area contributed by atoms with Crippen LogP contribution in [0.3, 0.4) is 0 Å². The number of nitriles is 1. The number of rotatable bonds is 5. The van der Waals surface area contributed by atoms with Crippen molar-refractivity contribution in [3.8, 4) is 17.3 Å². The second-order valence-corrected chi connectivity index (χ2v) is 4.26. The molecule has 3 N–H and O–H groups in total. The van der Waals surface area contributed by atoms with E-state index in [9.17, 15) is 4.79 Å². The standard InChI is InChI=1S/C13H14N6O/c1-19(8-2-7-14)10-5-3-9(4-6-10)11-12(13(15)20)17-18-16-11/h3-6H,2,8H2,1H3,(H2,15,20)(H,16,17,18). The van der Waals surface area contributed by atoms with Crippen LogP contribution >= 0.6 is 0 Å². The first kappa shape index (κ1) is 13.5. The Labute approximate surface area is 116 Å². The van der Waals surface area contributed by atoms with E-state index in [1.807, 2.05) is 36.2 Å². The average molecular weight is 270 g/mol. The molecule has 1 heterocycles. The van der Waals surface area contributed by atoms with E-state index in [0.29, 0.717) is 18.7 Å². The predicted octanol–water partition coefficient (Wildman–Crippen LogP) is 0.920. The molecule has 0 spiro atoms. The van der Waals surface area contributed by atoms with Crippen molar-refractivity contribution in [1.29, 1.82) is 5.26 Å². The third-order valence-electron chi connectivity index (χ3n) is 2.92. The van der Waals surface area contributed by atoms with Crippen molar-refractivity contribution in [3.63, 3.8) is 0 Å². The summed E-state index contributed by atoms with van der Waals surface area (Å²) in [6.07, 6.45) is 0.466. The van der Waals surface area contributed by atoms with Crippen molar-refractivity contribution >= 4 is 11.6 Å². The number of amides is 1. The van der Waals surface area contributed by atoms with Gasteiger partial charge in [0.15, 0.2) is 5.69 Å². The molecule has 7 heteroatoms. The summed E-state index contributed by atoms with van der Waals surface area (Å²) in [6.45, 7) is 0.659. The van der Waals surface area contributed by atoms with Crippen LogP contribution in [-0.2, 0) is 0 Å². The second-order valence-electron chi connectivity index (χ2n) is 4.26. The Morgan fingerprint density at radius 3 is 2.70 bits per heavy atom. The smallest absolute Gasteiger partial charge is 0.271 e. The predicted molar refractivity (Wildman–Crippen MR) is 73.8 cm³/mol. The summed E-state index contributed by atoms with van der Waals surface area (Å²) in [5.41, 5.74) is 7.52. The molecule has 0 saturated heterocycles. The van der Waals surface area contributed by atoms with Crippen LogP contribution in [0.25, 0.3) is 11.3 Å². The lowest BCUT2D eigenvalue weighted by atomic mass is 10.1. The molecule has 20 heavy (non-hydrogen) atoms. The maximum atomic E-state index is 11.2. The molecular weight excluding hydrogens is 256 g/mol. The highest BCUT2D eigenvalue weighted by Crippen LogP contribution is 2.22. The number of aromatic nitrogens is 3. The molecular formula is C13H14N6O. The van der Waals surface area contributed by atoms with Crippen LogP contribution in [0.4, 0.5) is 5.69 Å². The summed E-state index contributed by atoms with van der Waals surface area (Å²) in [5.74, 6) is -0.621. The van der Waals surface area contributed by atoms with Crippen molar-refractivity contribution in [2.75, 3.05) is 18.5 Å². The molecule has 0 aliphatic rings. The van der Waals surface area contributed by atoms with Crippen LogP contribution in [0.15, 0.2) is 24.3 Å². The van der Waals surface area contributed by atoms with Gasteiger partial charge in [-0.15, -0.1) is 0 Å². The van der Waals surface area contributed by atoms with Crippen molar-refractivity contribution < 1.29 is 4.79 Å². The molecule has 2 aromatic rings. The molecule has 2 rings (SSSR count). The lowest BCUT2D eigenvalue weighted by Crippen LogP contribution is -2.17. The molecule has 0 bridgehead atoms. The van der Waals surface area contributed by atoms with Crippen LogP contribution < -0.4 is 10.6 Å². The highest BCUT2D eigenvalue weighted by Gasteiger charge is 2.15. The number of nitrogens with one attached hydrogen (secondary N) is 1. The molecule has 1 aromatic carbocycles. The number of nitrogens with two attached hydrogens (primary N) is 1. The van der Waals surface area contributed by atoms with E-state index in [2.05, 4.69) is 21.5 Å². The van der Waals surface area contributed by atoms with E-state index in [0.717, 1.165) is 11.3 Å². The van der Waals surface area contributed by atoms with E-state index >= 15 is 0 Å². The molecule has 1 aromatic heterocycles. The third kappa shape index (κ3) is 2.75.